The summed E-state index contributed by atoms with van der Waals surface area (Å²) in [5.41, 5.74) is 2.36. The zero-order valence-electron chi connectivity index (χ0n) is 18.4. The molecular formula is C23H26F2N6OS. The highest BCUT2D eigenvalue weighted by molar-refractivity contribution is 7.14. The van der Waals surface area contributed by atoms with Crippen LogP contribution >= 0.6 is 11.3 Å². The summed E-state index contributed by atoms with van der Waals surface area (Å²) >= 11 is 1.53. The summed E-state index contributed by atoms with van der Waals surface area (Å²) in [5, 5.41) is 22.6. The number of hydrogen-bond acceptors (Lipinski definition) is 7. The number of fused-ring (bicyclic) bond motifs is 3. The van der Waals surface area contributed by atoms with E-state index in [4.69, 9.17) is 0 Å². The van der Waals surface area contributed by atoms with Crippen LogP contribution in [0.1, 0.15) is 36.4 Å². The number of piperidine rings is 1. The number of hydrogen-bond donors (Lipinski definition) is 1. The van der Waals surface area contributed by atoms with Crippen molar-refractivity contribution >= 4 is 28.1 Å². The summed E-state index contributed by atoms with van der Waals surface area (Å²) in [6.07, 6.45) is 3.50. The summed E-state index contributed by atoms with van der Waals surface area (Å²) in [4.78, 5) is 15.2. The third-order valence-corrected chi connectivity index (χ3v) is 7.49. The number of carbonyl (C=O) groups excluding carboxylic acids is 1. The lowest BCUT2D eigenvalue weighted by atomic mass is 9.96. The average Bonchev–Trinajstić information content (AvgIpc) is 3.37. The van der Waals surface area contributed by atoms with Gasteiger partial charge < -0.3 is 10.2 Å². The highest BCUT2D eigenvalue weighted by atomic mass is 32.1. The molecule has 1 unspecified atom stereocenters. The Hall–Kier alpha value is -2.59. The summed E-state index contributed by atoms with van der Waals surface area (Å²) in [5.74, 6) is 0.0398. The molecule has 2 saturated heterocycles. The lowest BCUT2D eigenvalue weighted by molar-refractivity contribution is -0.135. The molecule has 1 amide bonds. The second-order valence-electron chi connectivity index (χ2n) is 8.94. The van der Waals surface area contributed by atoms with Gasteiger partial charge in [0.2, 0.25) is 5.91 Å². The van der Waals surface area contributed by atoms with Crippen LogP contribution in [0, 0.1) is 6.92 Å². The molecule has 0 radical (unpaired) electrons. The van der Waals surface area contributed by atoms with E-state index >= 15 is 0 Å². The molecule has 1 aromatic carbocycles. The monoisotopic (exact) mass is 472 g/mol. The van der Waals surface area contributed by atoms with Gasteiger partial charge in [0, 0.05) is 29.1 Å². The predicted octanol–water partition coefficient (Wildman–Crippen LogP) is 3.42. The Labute approximate surface area is 194 Å². The smallest absolute Gasteiger partial charge is 0.229 e. The summed E-state index contributed by atoms with van der Waals surface area (Å²) in [6.45, 7) is 0.488. The molecule has 0 spiro atoms. The molecule has 2 aliphatic heterocycles. The Morgan fingerprint density at radius 3 is 2.55 bits per heavy atom. The summed E-state index contributed by atoms with van der Waals surface area (Å²) in [7, 11) is 0. The number of aryl methyl sites for hydroxylation is 1. The second-order valence-corrected chi connectivity index (χ2v) is 10.1. The largest absolute Gasteiger partial charge is 0.336 e. The Kier molecular flexibility index (Phi) is 6.29. The van der Waals surface area contributed by atoms with Gasteiger partial charge in [-0.1, -0.05) is 11.3 Å². The van der Waals surface area contributed by atoms with Crippen molar-refractivity contribution in [2.45, 2.75) is 63.2 Å². The first-order chi connectivity index (χ1) is 16.0. The van der Waals surface area contributed by atoms with Crippen molar-refractivity contribution in [3.63, 3.8) is 0 Å². The zero-order valence-corrected chi connectivity index (χ0v) is 19.2. The molecule has 0 saturated carbocycles. The third kappa shape index (κ3) is 4.59. The fourth-order valence-corrected chi connectivity index (χ4v) is 5.84. The van der Waals surface area contributed by atoms with Crippen molar-refractivity contribution < 1.29 is 13.6 Å². The molecule has 2 fully saturated rings. The van der Waals surface area contributed by atoms with Crippen molar-refractivity contribution in [2.75, 3.05) is 13.3 Å². The van der Waals surface area contributed by atoms with E-state index < -0.39 is 19.4 Å². The van der Waals surface area contributed by atoms with Gasteiger partial charge in [-0.15, -0.1) is 10.2 Å². The first-order valence-corrected chi connectivity index (χ1v) is 12.1. The maximum atomic E-state index is 13.2. The van der Waals surface area contributed by atoms with Crippen molar-refractivity contribution in [2.24, 2.45) is 0 Å². The number of rotatable bonds is 7. The molecule has 2 aliphatic rings. The number of benzene rings is 1. The molecule has 3 atom stereocenters. The minimum atomic E-state index is -0.751. The number of carbonyl (C=O) groups is 1. The first kappa shape index (κ1) is 22.2. The molecule has 0 aliphatic carbocycles. The molecule has 33 heavy (non-hydrogen) atoms. The van der Waals surface area contributed by atoms with Crippen LogP contribution < -0.4 is 5.32 Å². The SMILES string of the molecule is Cc1nnc(-c2ccc3nnc(CC(=O)N4[C@@H]5CC[C@H]4CC(NC(CF)CF)C5)cc3c2)s1. The van der Waals surface area contributed by atoms with E-state index in [1.165, 1.54) is 11.3 Å². The average molecular weight is 473 g/mol. The Balaban J connectivity index is 1.29. The van der Waals surface area contributed by atoms with Crippen LogP contribution in [-0.4, -0.2) is 68.7 Å². The van der Waals surface area contributed by atoms with Crippen LogP contribution in [0.5, 0.6) is 0 Å². The fourth-order valence-electron chi connectivity index (χ4n) is 5.15. The topological polar surface area (TPSA) is 83.9 Å². The minimum absolute atomic E-state index is 0.0398. The van der Waals surface area contributed by atoms with E-state index in [9.17, 15) is 13.6 Å². The molecule has 7 nitrogen and oxygen atoms in total. The second kappa shape index (κ2) is 9.34. The normalized spacial score (nSPS) is 22.4. The lowest BCUT2D eigenvalue weighted by Gasteiger charge is -2.40. The van der Waals surface area contributed by atoms with Crippen molar-refractivity contribution in [3.05, 3.63) is 35.0 Å². The van der Waals surface area contributed by atoms with Crippen LogP contribution in [0.4, 0.5) is 8.78 Å². The van der Waals surface area contributed by atoms with E-state index in [2.05, 4.69) is 25.7 Å². The standard InChI is InChI=1S/C23H26F2N6OS/c1-13-27-30-23(33-13)14-2-5-21-15(6-14)7-17(28-29-21)10-22(32)31-19-3-4-20(31)9-16(8-19)26-18(11-24)12-25/h2,5-7,16,18-20,26H,3-4,8-12H2,1H3/t16?,19-,20+. The van der Waals surface area contributed by atoms with Crippen LogP contribution in [0.25, 0.3) is 21.5 Å². The molecule has 2 aromatic heterocycles. The van der Waals surface area contributed by atoms with Crippen LogP contribution in [-0.2, 0) is 11.2 Å². The van der Waals surface area contributed by atoms with E-state index in [0.717, 1.165) is 52.2 Å². The lowest BCUT2D eigenvalue weighted by Crippen LogP contribution is -2.54. The Morgan fingerprint density at radius 1 is 1.12 bits per heavy atom. The Morgan fingerprint density at radius 2 is 1.88 bits per heavy atom. The Bertz CT molecular complexity index is 1140. The molecule has 1 N–H and O–H groups in total. The van der Waals surface area contributed by atoms with Gasteiger partial charge in [-0.05, 0) is 56.9 Å². The molecule has 3 aromatic rings. The molecule has 4 heterocycles. The molecular weight excluding hydrogens is 446 g/mol. The number of halogens is 2. The van der Waals surface area contributed by atoms with Crippen molar-refractivity contribution in [1.29, 1.82) is 0 Å². The molecule has 10 heteroatoms. The third-order valence-electron chi connectivity index (χ3n) is 6.61. The fraction of sp³-hybridized carbons (Fsp3) is 0.522. The summed E-state index contributed by atoms with van der Waals surface area (Å²) < 4.78 is 25.8. The van der Waals surface area contributed by atoms with Crippen molar-refractivity contribution in [3.8, 4) is 10.6 Å². The summed E-state index contributed by atoms with van der Waals surface area (Å²) in [6, 6.07) is 7.29. The number of alkyl halides is 2. The van der Waals surface area contributed by atoms with Crippen LogP contribution in [0.2, 0.25) is 0 Å². The molecule has 5 rings (SSSR count). The number of nitrogens with zero attached hydrogens (tertiary/aromatic N) is 5. The highest BCUT2D eigenvalue weighted by Crippen LogP contribution is 2.36. The maximum Gasteiger partial charge on any atom is 0.229 e. The quantitative estimate of drug-likeness (QED) is 0.567. The van der Waals surface area contributed by atoms with E-state index in [0.29, 0.717) is 5.69 Å². The van der Waals surface area contributed by atoms with Gasteiger partial charge in [0.05, 0.1) is 23.7 Å². The van der Waals surface area contributed by atoms with Gasteiger partial charge in [0.1, 0.15) is 23.4 Å². The van der Waals surface area contributed by atoms with Gasteiger partial charge in [-0.2, -0.15) is 10.2 Å². The number of nitrogens with one attached hydrogen (secondary N) is 1. The minimum Gasteiger partial charge on any atom is -0.336 e. The molecule has 2 bridgehead atoms. The van der Waals surface area contributed by atoms with Crippen LogP contribution in [0.15, 0.2) is 24.3 Å². The predicted molar refractivity (Wildman–Crippen MR) is 122 cm³/mol. The van der Waals surface area contributed by atoms with Gasteiger partial charge in [-0.25, -0.2) is 8.78 Å². The highest BCUT2D eigenvalue weighted by Gasteiger charge is 2.43. The maximum absolute atomic E-state index is 13.2. The van der Waals surface area contributed by atoms with Crippen LogP contribution in [0.3, 0.4) is 0 Å². The van der Waals surface area contributed by atoms with Gasteiger partial charge in [0.25, 0.3) is 0 Å². The van der Waals surface area contributed by atoms with E-state index in [1.807, 2.05) is 36.1 Å². The molecule has 174 valence electrons. The number of amides is 1. The van der Waals surface area contributed by atoms with E-state index in [-0.39, 0.29) is 30.5 Å². The van der Waals surface area contributed by atoms with E-state index in [1.54, 1.807) is 0 Å². The first-order valence-electron chi connectivity index (χ1n) is 11.3. The zero-order chi connectivity index (χ0) is 22.9. The van der Waals surface area contributed by atoms with Gasteiger partial charge >= 0.3 is 0 Å². The van der Waals surface area contributed by atoms with Crippen molar-refractivity contribution in [1.82, 2.24) is 30.6 Å². The number of aromatic nitrogens is 4. The van der Waals surface area contributed by atoms with Gasteiger partial charge in [0.15, 0.2) is 0 Å². The van der Waals surface area contributed by atoms with Gasteiger partial charge in [-0.3, -0.25) is 4.79 Å².